The van der Waals surface area contributed by atoms with E-state index in [-0.39, 0.29) is 30.1 Å². The Morgan fingerprint density at radius 3 is 2.40 bits per heavy atom. The molecule has 0 spiro atoms. The predicted molar refractivity (Wildman–Crippen MR) is 129 cm³/mol. The van der Waals surface area contributed by atoms with Crippen LogP contribution in [0, 0.1) is 0 Å². The Labute approximate surface area is 202 Å². The summed E-state index contributed by atoms with van der Waals surface area (Å²) in [4.78, 5) is 24.8. The highest BCUT2D eigenvalue weighted by Crippen LogP contribution is 2.29. The first-order valence-electron chi connectivity index (χ1n) is 11.8. The van der Waals surface area contributed by atoms with Crippen molar-refractivity contribution in [3.05, 3.63) is 83.4 Å². The highest BCUT2D eigenvalue weighted by molar-refractivity contribution is 5.96. The number of amides is 2. The van der Waals surface area contributed by atoms with E-state index in [9.17, 15) is 22.8 Å². The molecule has 5 nitrogen and oxygen atoms in total. The molecule has 0 heterocycles. The van der Waals surface area contributed by atoms with E-state index >= 15 is 0 Å². The van der Waals surface area contributed by atoms with Gasteiger partial charge in [-0.05, 0) is 47.4 Å². The first kappa shape index (κ1) is 24.7. The monoisotopic (exact) mass is 483 g/mol. The molecular formula is C27H28F3N3O2. The molecule has 0 aromatic heterocycles. The van der Waals surface area contributed by atoms with Gasteiger partial charge in [-0.15, -0.1) is 0 Å². The Bertz CT molecular complexity index is 1190. The van der Waals surface area contributed by atoms with E-state index in [0.29, 0.717) is 6.54 Å². The lowest BCUT2D eigenvalue weighted by Gasteiger charge is -2.33. The average molecular weight is 484 g/mol. The van der Waals surface area contributed by atoms with E-state index in [2.05, 4.69) is 40.2 Å². The fraction of sp³-hybridized carbons (Fsp3) is 0.333. The van der Waals surface area contributed by atoms with Gasteiger partial charge >= 0.3 is 6.18 Å². The molecule has 35 heavy (non-hydrogen) atoms. The zero-order chi connectivity index (χ0) is 24.8. The molecule has 0 saturated heterocycles. The lowest BCUT2D eigenvalue weighted by molar-refractivity contribution is -0.137. The van der Waals surface area contributed by atoms with E-state index in [1.807, 2.05) is 18.2 Å². The van der Waals surface area contributed by atoms with Crippen LogP contribution in [0.25, 0.3) is 10.8 Å². The van der Waals surface area contributed by atoms with Crippen LogP contribution in [0.5, 0.6) is 0 Å². The molecule has 2 amide bonds. The maximum absolute atomic E-state index is 12.9. The van der Waals surface area contributed by atoms with Gasteiger partial charge in [0.05, 0.1) is 12.1 Å². The van der Waals surface area contributed by atoms with Crippen molar-refractivity contribution < 1.29 is 22.8 Å². The van der Waals surface area contributed by atoms with Gasteiger partial charge in [-0.3, -0.25) is 9.59 Å². The maximum Gasteiger partial charge on any atom is 0.416 e. The zero-order valence-electron chi connectivity index (χ0n) is 19.2. The van der Waals surface area contributed by atoms with Crippen molar-refractivity contribution in [2.75, 3.05) is 6.54 Å². The molecule has 0 aliphatic heterocycles. The van der Waals surface area contributed by atoms with E-state index < -0.39 is 17.6 Å². The Kier molecular flexibility index (Phi) is 7.70. The smallest absolute Gasteiger partial charge is 0.350 e. The maximum atomic E-state index is 12.9. The molecule has 3 aromatic rings. The number of halogens is 3. The summed E-state index contributed by atoms with van der Waals surface area (Å²) in [5.74, 6) is -1.09. The van der Waals surface area contributed by atoms with Crippen molar-refractivity contribution in [3.8, 4) is 0 Å². The number of carbonyl (C=O) groups is 2. The number of benzene rings is 3. The Balaban J connectivity index is 1.32. The van der Waals surface area contributed by atoms with Gasteiger partial charge < -0.3 is 16.0 Å². The normalized spacial score (nSPS) is 18.3. The van der Waals surface area contributed by atoms with Gasteiger partial charge in [0.2, 0.25) is 5.91 Å². The summed E-state index contributed by atoms with van der Waals surface area (Å²) in [5.41, 5.74) is 0.143. The third kappa shape index (κ3) is 6.39. The van der Waals surface area contributed by atoms with Gasteiger partial charge in [0.15, 0.2) is 0 Å². The number of nitrogens with one attached hydrogen (secondary N) is 3. The summed E-state index contributed by atoms with van der Waals surface area (Å²) in [6, 6.07) is 18.6. The van der Waals surface area contributed by atoms with Crippen LogP contribution < -0.4 is 16.0 Å². The molecule has 2 atom stereocenters. The van der Waals surface area contributed by atoms with E-state index in [1.54, 1.807) is 0 Å². The van der Waals surface area contributed by atoms with Crippen LogP contribution in [0.4, 0.5) is 13.2 Å². The molecule has 3 aromatic carbocycles. The first-order valence-corrected chi connectivity index (χ1v) is 11.8. The molecule has 0 radical (unpaired) electrons. The second-order valence-corrected chi connectivity index (χ2v) is 8.85. The highest BCUT2D eigenvalue weighted by atomic mass is 19.4. The fourth-order valence-electron chi connectivity index (χ4n) is 4.59. The van der Waals surface area contributed by atoms with Crippen molar-refractivity contribution in [2.24, 2.45) is 0 Å². The van der Waals surface area contributed by atoms with Crippen molar-refractivity contribution >= 4 is 22.6 Å². The quantitative estimate of drug-likeness (QED) is 0.452. The number of fused-ring (bicyclic) bond motifs is 1. The van der Waals surface area contributed by atoms with Crippen LogP contribution >= 0.6 is 0 Å². The van der Waals surface area contributed by atoms with Crippen LogP contribution in [0.3, 0.4) is 0 Å². The number of hydrogen-bond acceptors (Lipinski definition) is 3. The molecule has 1 fully saturated rings. The third-order valence-corrected chi connectivity index (χ3v) is 6.41. The minimum Gasteiger partial charge on any atom is -0.350 e. The van der Waals surface area contributed by atoms with Gasteiger partial charge in [0.25, 0.3) is 5.91 Å². The van der Waals surface area contributed by atoms with Gasteiger partial charge in [-0.2, -0.15) is 13.2 Å². The van der Waals surface area contributed by atoms with Crippen molar-refractivity contribution in [2.45, 2.75) is 50.5 Å². The van der Waals surface area contributed by atoms with Gasteiger partial charge in [0, 0.05) is 24.2 Å². The molecule has 3 N–H and O–H groups in total. The van der Waals surface area contributed by atoms with Crippen LogP contribution in [-0.4, -0.2) is 30.4 Å². The molecule has 8 heteroatoms. The Hall–Kier alpha value is -3.39. The summed E-state index contributed by atoms with van der Waals surface area (Å²) in [6.07, 6.45) is -0.741. The lowest BCUT2D eigenvalue weighted by Crippen LogP contribution is -2.53. The molecule has 4 rings (SSSR count). The van der Waals surface area contributed by atoms with Crippen molar-refractivity contribution in [3.63, 3.8) is 0 Å². The van der Waals surface area contributed by atoms with Gasteiger partial charge in [-0.25, -0.2) is 0 Å². The lowest BCUT2D eigenvalue weighted by atomic mass is 9.90. The molecule has 0 bridgehead atoms. The molecule has 0 unspecified atom stereocenters. The summed E-state index contributed by atoms with van der Waals surface area (Å²) < 4.78 is 38.7. The highest BCUT2D eigenvalue weighted by Gasteiger charge is 2.31. The molecule has 1 aliphatic carbocycles. The number of carbonyl (C=O) groups excluding carboxylic acids is 2. The van der Waals surface area contributed by atoms with E-state index in [0.717, 1.165) is 37.8 Å². The SMILES string of the molecule is O=C(CNC(=O)c1cccc(C(F)(F)F)c1)N[C@H]1CCCC[C@@H]1NCc1cccc2ccccc12. The zero-order valence-corrected chi connectivity index (χ0v) is 19.2. The number of hydrogen-bond donors (Lipinski definition) is 3. The minimum atomic E-state index is -4.54. The van der Waals surface area contributed by atoms with Crippen LogP contribution in [0.15, 0.2) is 66.7 Å². The predicted octanol–water partition coefficient (Wildman–Crippen LogP) is 4.81. The first-order chi connectivity index (χ1) is 16.8. The second-order valence-electron chi connectivity index (χ2n) is 8.85. The summed E-state index contributed by atoms with van der Waals surface area (Å²) in [5, 5.41) is 11.4. The number of rotatable bonds is 7. The van der Waals surface area contributed by atoms with Gasteiger partial charge in [-0.1, -0.05) is 61.4 Å². The van der Waals surface area contributed by atoms with Crippen molar-refractivity contribution in [1.82, 2.24) is 16.0 Å². The standard InChI is InChI=1S/C27H28F3N3O2/c28-27(29,30)21-11-6-9-19(15-21)26(35)32-17-25(34)33-24-14-4-3-13-23(24)31-16-20-10-5-8-18-7-1-2-12-22(18)20/h1-2,5-12,15,23-24,31H,3-4,13-14,16-17H2,(H,32,35)(H,33,34)/t23-,24-/m0/s1. The fourth-order valence-corrected chi connectivity index (χ4v) is 4.59. The largest absolute Gasteiger partial charge is 0.416 e. The summed E-state index contributed by atoms with van der Waals surface area (Å²) in [6.45, 7) is 0.367. The Morgan fingerprint density at radius 2 is 1.60 bits per heavy atom. The van der Waals surface area contributed by atoms with Crippen LogP contribution in [0.1, 0.15) is 47.2 Å². The van der Waals surface area contributed by atoms with Crippen LogP contribution in [-0.2, 0) is 17.5 Å². The van der Waals surface area contributed by atoms with Crippen LogP contribution in [0.2, 0.25) is 0 Å². The van der Waals surface area contributed by atoms with Gasteiger partial charge in [0.1, 0.15) is 0 Å². The van der Waals surface area contributed by atoms with E-state index in [1.165, 1.54) is 28.5 Å². The van der Waals surface area contributed by atoms with Crippen molar-refractivity contribution in [1.29, 1.82) is 0 Å². The topological polar surface area (TPSA) is 70.2 Å². The third-order valence-electron chi connectivity index (χ3n) is 6.41. The molecule has 1 saturated carbocycles. The minimum absolute atomic E-state index is 0.0864. The molecule has 1 aliphatic rings. The second kappa shape index (κ2) is 10.9. The molecular weight excluding hydrogens is 455 g/mol. The number of alkyl halides is 3. The average Bonchev–Trinajstić information content (AvgIpc) is 2.86. The Morgan fingerprint density at radius 1 is 0.886 bits per heavy atom. The summed E-state index contributed by atoms with van der Waals surface area (Å²) >= 11 is 0. The van der Waals surface area contributed by atoms with E-state index in [4.69, 9.17) is 0 Å². The molecule has 184 valence electrons. The summed E-state index contributed by atoms with van der Waals surface area (Å²) in [7, 11) is 0.